The molecular formula is C26H23ClFN3O2S. The average Bonchev–Trinajstić information content (AvgIpc) is 3.51. The number of carbonyl (C=O) groups is 1. The van der Waals surface area contributed by atoms with Crippen molar-refractivity contribution < 1.29 is 14.3 Å². The molecule has 0 saturated heterocycles. The van der Waals surface area contributed by atoms with E-state index < -0.39 is 5.97 Å². The molecule has 2 N–H and O–H groups in total. The van der Waals surface area contributed by atoms with E-state index in [0.717, 1.165) is 21.6 Å². The topological polar surface area (TPSA) is 75.1 Å². The van der Waals surface area contributed by atoms with Gasteiger partial charge >= 0.3 is 5.97 Å². The average molecular weight is 496 g/mol. The number of nitrogens with zero attached hydrogens (tertiary/aromatic N) is 2. The number of carboxylic acid groups (broad SMARTS) is 1. The summed E-state index contributed by atoms with van der Waals surface area (Å²) >= 11 is 1.38. The molecule has 1 atom stereocenters. The molecule has 34 heavy (non-hydrogen) atoms. The van der Waals surface area contributed by atoms with Crippen molar-refractivity contribution in [1.29, 1.82) is 0 Å². The van der Waals surface area contributed by atoms with Crippen LogP contribution < -0.4 is 5.32 Å². The molecule has 1 aliphatic carbocycles. The minimum atomic E-state index is -0.865. The Hall–Kier alpha value is -3.13. The van der Waals surface area contributed by atoms with E-state index in [0.29, 0.717) is 17.1 Å². The van der Waals surface area contributed by atoms with Crippen molar-refractivity contribution in [3.05, 3.63) is 95.5 Å². The van der Waals surface area contributed by atoms with Gasteiger partial charge in [-0.3, -0.25) is 4.79 Å². The van der Waals surface area contributed by atoms with E-state index in [1.165, 1.54) is 23.0 Å². The molecule has 174 valence electrons. The van der Waals surface area contributed by atoms with Crippen LogP contribution in [0.2, 0.25) is 0 Å². The summed E-state index contributed by atoms with van der Waals surface area (Å²) in [5.74, 6) is -1.22. The molecule has 0 spiro atoms. The molecule has 0 radical (unpaired) electrons. The maximum atomic E-state index is 14.9. The van der Waals surface area contributed by atoms with Gasteiger partial charge in [-0.05, 0) is 42.3 Å². The van der Waals surface area contributed by atoms with Gasteiger partial charge in [0.05, 0.1) is 17.5 Å². The number of rotatable bonds is 8. The van der Waals surface area contributed by atoms with E-state index in [-0.39, 0.29) is 36.1 Å². The number of hydrogen-bond donors (Lipinski definition) is 2. The number of nitrogens with one attached hydrogen (secondary N) is 1. The van der Waals surface area contributed by atoms with Crippen LogP contribution in [0.5, 0.6) is 0 Å². The number of fused-ring (bicyclic) bond motifs is 1. The molecule has 4 aromatic rings. The maximum Gasteiger partial charge on any atom is 0.304 e. The smallest absolute Gasteiger partial charge is 0.304 e. The van der Waals surface area contributed by atoms with Gasteiger partial charge in [0.2, 0.25) is 0 Å². The van der Waals surface area contributed by atoms with Crippen LogP contribution in [0.3, 0.4) is 0 Å². The Balaban J connectivity index is 0.00000274. The minimum absolute atomic E-state index is 0. The van der Waals surface area contributed by atoms with Gasteiger partial charge in [-0.1, -0.05) is 59.9 Å². The van der Waals surface area contributed by atoms with Gasteiger partial charge in [-0.15, -0.1) is 12.4 Å². The zero-order chi connectivity index (χ0) is 23.0. The predicted octanol–water partition coefficient (Wildman–Crippen LogP) is 5.73. The van der Waals surface area contributed by atoms with Gasteiger partial charge in [0, 0.05) is 18.2 Å². The highest BCUT2D eigenvalue weighted by Crippen LogP contribution is 2.45. The van der Waals surface area contributed by atoms with Gasteiger partial charge in [-0.2, -0.15) is 0 Å². The SMILES string of the molecule is C[C@@H](CC(=O)O)NCc1ccc(-c2nc3ccc(C4(c5ccccc5)C=C4)nc3s2)c(F)c1.Cl. The fourth-order valence-electron chi connectivity index (χ4n) is 3.94. The molecule has 0 amide bonds. The highest BCUT2D eigenvalue weighted by atomic mass is 35.5. The number of thiazole rings is 1. The first-order valence-electron chi connectivity index (χ1n) is 10.7. The lowest BCUT2D eigenvalue weighted by Crippen LogP contribution is -2.27. The van der Waals surface area contributed by atoms with Crippen molar-refractivity contribution in [2.24, 2.45) is 0 Å². The number of halogens is 2. The van der Waals surface area contributed by atoms with Crippen LogP contribution in [-0.4, -0.2) is 27.1 Å². The molecule has 0 unspecified atom stereocenters. The van der Waals surface area contributed by atoms with E-state index in [9.17, 15) is 9.18 Å². The van der Waals surface area contributed by atoms with E-state index in [2.05, 4.69) is 34.6 Å². The molecule has 0 fully saturated rings. The van der Waals surface area contributed by atoms with E-state index >= 15 is 0 Å². The van der Waals surface area contributed by atoms with Crippen molar-refractivity contribution >= 4 is 40.1 Å². The van der Waals surface area contributed by atoms with E-state index in [1.807, 2.05) is 36.4 Å². The molecule has 2 aromatic carbocycles. The first-order valence-corrected chi connectivity index (χ1v) is 11.5. The van der Waals surface area contributed by atoms with Crippen LogP contribution in [-0.2, 0) is 16.8 Å². The third kappa shape index (κ3) is 4.73. The van der Waals surface area contributed by atoms with Crippen molar-refractivity contribution in [3.63, 3.8) is 0 Å². The quantitative estimate of drug-likeness (QED) is 0.305. The van der Waals surface area contributed by atoms with Crippen molar-refractivity contribution in [2.45, 2.75) is 31.3 Å². The first-order chi connectivity index (χ1) is 15.9. The lowest BCUT2D eigenvalue weighted by atomic mass is 9.89. The van der Waals surface area contributed by atoms with Gasteiger partial charge in [-0.25, -0.2) is 14.4 Å². The lowest BCUT2D eigenvalue weighted by molar-refractivity contribution is -0.137. The third-order valence-electron chi connectivity index (χ3n) is 5.83. The first kappa shape index (κ1) is 24.0. The molecule has 2 heterocycles. The molecular weight excluding hydrogens is 473 g/mol. The van der Waals surface area contributed by atoms with Gasteiger partial charge in [0.25, 0.3) is 0 Å². The highest BCUT2D eigenvalue weighted by molar-refractivity contribution is 7.21. The molecule has 0 aliphatic heterocycles. The van der Waals surface area contributed by atoms with Crippen LogP contribution in [0.15, 0.2) is 72.8 Å². The normalized spacial score (nSPS) is 14.5. The molecule has 1 aliphatic rings. The fraction of sp³-hybridized carbons (Fsp3) is 0.192. The van der Waals surface area contributed by atoms with Crippen molar-refractivity contribution in [3.8, 4) is 10.6 Å². The molecule has 5 nitrogen and oxygen atoms in total. The molecule has 2 aromatic heterocycles. The van der Waals surface area contributed by atoms with Crippen LogP contribution >= 0.6 is 23.7 Å². The summed E-state index contributed by atoms with van der Waals surface area (Å²) < 4.78 is 14.9. The van der Waals surface area contributed by atoms with Crippen LogP contribution in [0.25, 0.3) is 20.9 Å². The number of allylic oxidation sites excluding steroid dienone is 2. The number of benzene rings is 2. The lowest BCUT2D eigenvalue weighted by Gasteiger charge is -2.15. The number of hydrogen-bond acceptors (Lipinski definition) is 5. The number of carboxylic acids is 1. The zero-order valence-corrected chi connectivity index (χ0v) is 20.0. The summed E-state index contributed by atoms with van der Waals surface area (Å²) in [5.41, 5.74) is 3.78. The Morgan fingerprint density at radius 1 is 1.12 bits per heavy atom. The van der Waals surface area contributed by atoms with Crippen LogP contribution in [0, 0.1) is 5.82 Å². The molecule has 5 rings (SSSR count). The summed E-state index contributed by atoms with van der Waals surface area (Å²) in [7, 11) is 0. The second kappa shape index (κ2) is 9.62. The molecule has 8 heteroatoms. The Morgan fingerprint density at radius 2 is 1.88 bits per heavy atom. The summed E-state index contributed by atoms with van der Waals surface area (Å²) in [4.78, 5) is 21.0. The van der Waals surface area contributed by atoms with Gasteiger partial charge in [0.15, 0.2) is 0 Å². The summed E-state index contributed by atoms with van der Waals surface area (Å²) in [6, 6.07) is 19.0. The summed E-state index contributed by atoms with van der Waals surface area (Å²) in [6.07, 6.45) is 4.30. The molecule has 0 saturated carbocycles. The largest absolute Gasteiger partial charge is 0.481 e. The molecule has 0 bridgehead atoms. The second-order valence-electron chi connectivity index (χ2n) is 8.30. The highest BCUT2D eigenvalue weighted by Gasteiger charge is 2.39. The second-order valence-corrected chi connectivity index (χ2v) is 9.28. The third-order valence-corrected chi connectivity index (χ3v) is 6.83. The number of aromatic nitrogens is 2. The predicted molar refractivity (Wildman–Crippen MR) is 135 cm³/mol. The monoisotopic (exact) mass is 495 g/mol. The van der Waals surface area contributed by atoms with E-state index in [4.69, 9.17) is 10.1 Å². The van der Waals surface area contributed by atoms with Gasteiger partial charge in [0.1, 0.15) is 21.2 Å². The fourth-order valence-corrected chi connectivity index (χ4v) is 4.90. The summed E-state index contributed by atoms with van der Waals surface area (Å²) in [5, 5.41) is 12.5. The summed E-state index contributed by atoms with van der Waals surface area (Å²) in [6.45, 7) is 2.19. The Labute approximate surface area is 206 Å². The van der Waals surface area contributed by atoms with Gasteiger partial charge < -0.3 is 10.4 Å². The van der Waals surface area contributed by atoms with Crippen LogP contribution in [0.1, 0.15) is 30.2 Å². The Kier molecular flexibility index (Phi) is 6.79. The number of aliphatic carboxylic acids is 1. The standard InChI is InChI=1S/C26H22FN3O2S.ClH/c1-16(13-23(31)32)28-15-17-7-8-19(20(27)14-17)24-29-21-9-10-22(30-25(21)33-24)26(11-12-26)18-5-3-2-4-6-18;/h2-12,14,16,28H,13,15H2,1H3,(H,31,32);1H/t16-;/m0./s1. The maximum absolute atomic E-state index is 14.9. The van der Waals surface area contributed by atoms with Crippen molar-refractivity contribution in [1.82, 2.24) is 15.3 Å². The Bertz CT molecular complexity index is 1370. The zero-order valence-electron chi connectivity index (χ0n) is 18.4. The number of pyridine rings is 1. The minimum Gasteiger partial charge on any atom is -0.481 e. The Morgan fingerprint density at radius 3 is 2.56 bits per heavy atom. The van der Waals surface area contributed by atoms with E-state index in [1.54, 1.807) is 13.0 Å². The van der Waals surface area contributed by atoms with Crippen LogP contribution in [0.4, 0.5) is 4.39 Å². The van der Waals surface area contributed by atoms with Crippen molar-refractivity contribution in [2.75, 3.05) is 0 Å².